The smallest absolute Gasteiger partial charge is 0.325 e. The van der Waals surface area contributed by atoms with Crippen molar-refractivity contribution < 1.29 is 33.6 Å². The Morgan fingerprint density at radius 1 is 0.957 bits per heavy atom. The monoisotopic (exact) mass is 631 g/mol. The number of nitrogens with one attached hydrogen (secondary N) is 2. The Morgan fingerprint density at radius 2 is 1.74 bits per heavy atom. The van der Waals surface area contributed by atoms with Gasteiger partial charge in [0.05, 0.1) is 32.0 Å². The molecule has 3 aromatic rings. The van der Waals surface area contributed by atoms with Crippen LogP contribution in [0, 0.1) is 0 Å². The van der Waals surface area contributed by atoms with Crippen LogP contribution >= 0.6 is 0 Å². The number of carbonyl (C=O) groups excluding carboxylic acids is 2. The van der Waals surface area contributed by atoms with Crippen LogP contribution in [0.2, 0.25) is 0 Å². The molecule has 0 unspecified atom stereocenters. The highest BCUT2D eigenvalue weighted by Gasteiger charge is 2.35. The summed E-state index contributed by atoms with van der Waals surface area (Å²) < 4.78 is 23.5. The summed E-state index contributed by atoms with van der Waals surface area (Å²) in [4.78, 5) is 26.1. The Kier molecular flexibility index (Phi) is 12.2. The Balaban J connectivity index is 1.26. The fraction of sp³-hybridized carbons (Fsp3) is 0.444. The van der Waals surface area contributed by atoms with Gasteiger partial charge in [-0.1, -0.05) is 66.7 Å². The quantitative estimate of drug-likeness (QED) is 0.229. The molecule has 2 aliphatic rings. The molecule has 2 amide bonds. The number of carbonyl (C=O) groups is 2. The maximum absolute atomic E-state index is 12.1. The van der Waals surface area contributed by atoms with E-state index < -0.39 is 18.3 Å². The molecule has 4 atom stereocenters. The van der Waals surface area contributed by atoms with Gasteiger partial charge in [0.15, 0.2) is 6.29 Å². The topological polar surface area (TPSA) is 119 Å². The number of likely N-dealkylation sites (tertiary alicyclic amines) is 1. The van der Waals surface area contributed by atoms with Crippen LogP contribution in [-0.2, 0) is 36.9 Å². The van der Waals surface area contributed by atoms with Gasteiger partial charge in [0.2, 0.25) is 0 Å². The van der Waals surface area contributed by atoms with E-state index in [0.29, 0.717) is 12.6 Å². The number of hydrogen-bond donors (Lipinski definition) is 3. The van der Waals surface area contributed by atoms with Gasteiger partial charge >= 0.3 is 12.0 Å². The van der Waals surface area contributed by atoms with Gasteiger partial charge in [-0.2, -0.15) is 0 Å². The van der Waals surface area contributed by atoms with Crippen molar-refractivity contribution in [2.24, 2.45) is 0 Å². The second-order valence-corrected chi connectivity index (χ2v) is 11.8. The molecule has 2 saturated heterocycles. The van der Waals surface area contributed by atoms with Crippen molar-refractivity contribution in [3.63, 3.8) is 0 Å². The molecule has 3 aromatic carbocycles. The lowest BCUT2D eigenvalue weighted by Gasteiger charge is -2.38. The van der Waals surface area contributed by atoms with Crippen molar-refractivity contribution >= 4 is 12.0 Å². The highest BCUT2D eigenvalue weighted by molar-refractivity contribution is 5.80. The molecular formula is C36H45N3O7. The standard InChI is InChI=1S/C36H45N3O7/c1-3-44-34(41)21-38-36(42)37-20-26-6-4-7-30(18-26)27-13-15-29(16-14-27)35-45-32(22-39-17-5-8-31(39)24-43-2)19-33(46-35)28-11-9-25(23-40)10-12-28/h4,6-7,9-16,18,31-33,35,40H,3,5,8,17,19-24H2,1-2H3,(H2,37,38,42)/t31-,32-,33+,35+/m0/s1. The molecule has 0 saturated carbocycles. The van der Waals surface area contributed by atoms with Crippen molar-refractivity contribution in [3.8, 4) is 11.1 Å². The number of benzene rings is 3. The van der Waals surface area contributed by atoms with Crippen molar-refractivity contribution in [1.29, 1.82) is 0 Å². The van der Waals surface area contributed by atoms with Crippen LogP contribution in [0.15, 0.2) is 72.8 Å². The number of rotatable bonds is 13. The fourth-order valence-corrected chi connectivity index (χ4v) is 6.11. The van der Waals surface area contributed by atoms with Gasteiger partial charge in [-0.15, -0.1) is 0 Å². The molecule has 5 rings (SSSR count). The van der Waals surface area contributed by atoms with Crippen LogP contribution in [0.1, 0.15) is 60.8 Å². The Hall–Kier alpha value is -3.80. The minimum Gasteiger partial charge on any atom is -0.465 e. The van der Waals surface area contributed by atoms with Crippen molar-refractivity contribution in [3.05, 3.63) is 95.1 Å². The first-order valence-corrected chi connectivity index (χ1v) is 16.1. The molecule has 2 fully saturated rings. The molecule has 10 nitrogen and oxygen atoms in total. The molecular weight excluding hydrogens is 586 g/mol. The Labute approximate surface area is 271 Å². The van der Waals surface area contributed by atoms with E-state index in [1.807, 2.05) is 60.7 Å². The second kappa shape index (κ2) is 16.7. The number of urea groups is 1. The third kappa shape index (κ3) is 9.14. The summed E-state index contributed by atoms with van der Waals surface area (Å²) in [5, 5.41) is 14.8. The van der Waals surface area contributed by atoms with E-state index >= 15 is 0 Å². The van der Waals surface area contributed by atoms with Crippen LogP contribution < -0.4 is 10.6 Å². The third-order valence-corrected chi connectivity index (χ3v) is 8.51. The van der Waals surface area contributed by atoms with Gasteiger partial charge in [0.1, 0.15) is 6.54 Å². The molecule has 0 bridgehead atoms. The van der Waals surface area contributed by atoms with Crippen molar-refractivity contribution in [2.75, 3.05) is 40.0 Å². The number of hydrogen-bond acceptors (Lipinski definition) is 8. The van der Waals surface area contributed by atoms with E-state index in [4.69, 9.17) is 18.9 Å². The van der Waals surface area contributed by atoms with Crippen LogP contribution in [-0.4, -0.2) is 74.1 Å². The van der Waals surface area contributed by atoms with E-state index in [1.165, 1.54) is 0 Å². The first-order chi connectivity index (χ1) is 22.4. The van der Waals surface area contributed by atoms with Crippen LogP contribution in [0.4, 0.5) is 4.79 Å². The first-order valence-electron chi connectivity index (χ1n) is 16.1. The fourth-order valence-electron chi connectivity index (χ4n) is 6.11. The summed E-state index contributed by atoms with van der Waals surface area (Å²) in [7, 11) is 1.76. The maximum atomic E-state index is 12.1. The molecule has 0 radical (unpaired) electrons. The number of amides is 2. The van der Waals surface area contributed by atoms with Gasteiger partial charge in [0, 0.05) is 38.2 Å². The minimum absolute atomic E-state index is 0.00817. The van der Waals surface area contributed by atoms with Crippen LogP contribution in [0.3, 0.4) is 0 Å². The van der Waals surface area contributed by atoms with Crippen LogP contribution in [0.5, 0.6) is 0 Å². The van der Waals surface area contributed by atoms with E-state index in [2.05, 4.69) is 27.7 Å². The first kappa shape index (κ1) is 33.6. The zero-order chi connectivity index (χ0) is 32.3. The summed E-state index contributed by atoms with van der Waals surface area (Å²) >= 11 is 0. The van der Waals surface area contributed by atoms with Gasteiger partial charge in [-0.3, -0.25) is 9.69 Å². The number of aliphatic hydroxyl groups is 1. The van der Waals surface area contributed by atoms with Gasteiger partial charge < -0.3 is 34.7 Å². The molecule has 10 heteroatoms. The highest BCUT2D eigenvalue weighted by Crippen LogP contribution is 2.39. The molecule has 0 spiro atoms. The summed E-state index contributed by atoms with van der Waals surface area (Å²) in [6, 6.07) is 24.1. The van der Waals surface area contributed by atoms with Gasteiger partial charge in [-0.05, 0) is 60.2 Å². The van der Waals surface area contributed by atoms with Gasteiger partial charge in [-0.25, -0.2) is 4.79 Å². The lowest BCUT2D eigenvalue weighted by atomic mass is 9.99. The molecule has 0 aliphatic carbocycles. The summed E-state index contributed by atoms with van der Waals surface area (Å²) in [5.41, 5.74) is 5.86. The summed E-state index contributed by atoms with van der Waals surface area (Å²) in [6.45, 7) is 4.71. The molecule has 46 heavy (non-hydrogen) atoms. The molecule has 2 heterocycles. The SMILES string of the molecule is CCOC(=O)CNC(=O)NCc1cccc(-c2ccc([C@@H]3O[C@H](CN4CCC[C@H]4COC)C[C@H](c4ccc(CO)cc4)O3)cc2)c1. The predicted octanol–water partition coefficient (Wildman–Crippen LogP) is 4.86. The molecule has 0 aromatic heterocycles. The Morgan fingerprint density at radius 3 is 2.48 bits per heavy atom. The number of ether oxygens (including phenoxy) is 4. The zero-order valence-electron chi connectivity index (χ0n) is 26.7. The summed E-state index contributed by atoms with van der Waals surface area (Å²) in [6.07, 6.45) is 2.35. The Bertz CT molecular complexity index is 1420. The number of aliphatic hydroxyl groups excluding tert-OH is 1. The molecule has 3 N–H and O–H groups in total. The van der Waals surface area contributed by atoms with Crippen molar-refractivity contribution in [1.82, 2.24) is 15.5 Å². The summed E-state index contributed by atoms with van der Waals surface area (Å²) in [5.74, 6) is -0.475. The van der Waals surface area contributed by atoms with E-state index in [-0.39, 0.29) is 32.0 Å². The normalized spacial score (nSPS) is 21.5. The lowest BCUT2D eigenvalue weighted by Crippen LogP contribution is -2.42. The predicted molar refractivity (Wildman–Crippen MR) is 174 cm³/mol. The average molecular weight is 632 g/mol. The molecule has 246 valence electrons. The van der Waals surface area contributed by atoms with Gasteiger partial charge in [0.25, 0.3) is 0 Å². The number of esters is 1. The lowest BCUT2D eigenvalue weighted by molar-refractivity contribution is -0.253. The van der Waals surface area contributed by atoms with E-state index in [0.717, 1.165) is 72.3 Å². The second-order valence-electron chi connectivity index (χ2n) is 11.8. The molecule has 2 aliphatic heterocycles. The number of nitrogens with zero attached hydrogens (tertiary/aromatic N) is 1. The van der Waals surface area contributed by atoms with Crippen molar-refractivity contribution in [2.45, 2.75) is 63.9 Å². The highest BCUT2D eigenvalue weighted by atomic mass is 16.7. The third-order valence-electron chi connectivity index (χ3n) is 8.51. The minimum atomic E-state index is -0.526. The van der Waals surface area contributed by atoms with E-state index in [9.17, 15) is 14.7 Å². The maximum Gasteiger partial charge on any atom is 0.325 e. The van der Waals surface area contributed by atoms with Crippen LogP contribution in [0.25, 0.3) is 11.1 Å². The van der Waals surface area contributed by atoms with E-state index in [1.54, 1.807) is 14.0 Å². The average Bonchev–Trinajstić information content (AvgIpc) is 3.53. The largest absolute Gasteiger partial charge is 0.465 e. The number of methoxy groups -OCH3 is 1. The zero-order valence-corrected chi connectivity index (χ0v) is 26.7.